The highest BCUT2D eigenvalue weighted by atomic mass is 16.5. The smallest absolute Gasteiger partial charge is 0.306 e. The van der Waals surface area contributed by atoms with E-state index in [4.69, 9.17) is 4.74 Å². The first-order valence-corrected chi connectivity index (χ1v) is 7.31. The Morgan fingerprint density at radius 1 is 1.21 bits per heavy atom. The number of carbonyl (C=O) groups is 1. The van der Waals surface area contributed by atoms with Gasteiger partial charge in [0.25, 0.3) is 0 Å². The number of methoxy groups -OCH3 is 1. The van der Waals surface area contributed by atoms with E-state index in [0.717, 1.165) is 18.3 Å². The first-order valence-electron chi connectivity index (χ1n) is 7.31. The molecule has 1 aromatic rings. The zero-order valence-corrected chi connectivity index (χ0v) is 11.6. The van der Waals surface area contributed by atoms with Crippen molar-refractivity contribution in [3.05, 3.63) is 35.9 Å². The molecule has 0 N–H and O–H groups in total. The van der Waals surface area contributed by atoms with Crippen LogP contribution in [0, 0.1) is 17.3 Å². The van der Waals surface area contributed by atoms with Crippen LogP contribution in [0.4, 0.5) is 0 Å². The molecule has 2 saturated carbocycles. The van der Waals surface area contributed by atoms with Gasteiger partial charge in [-0.15, -0.1) is 0 Å². The molecule has 0 saturated heterocycles. The minimum absolute atomic E-state index is 0.0442. The van der Waals surface area contributed by atoms with Crippen LogP contribution in [-0.4, -0.2) is 13.1 Å². The zero-order chi connectivity index (χ0) is 13.3. The number of hydrogen-bond acceptors (Lipinski definition) is 2. The summed E-state index contributed by atoms with van der Waals surface area (Å²) in [6.07, 6.45) is 6.76. The van der Waals surface area contributed by atoms with Gasteiger partial charge in [0.05, 0.1) is 13.5 Å². The summed E-state index contributed by atoms with van der Waals surface area (Å²) in [6.45, 7) is 0. The lowest BCUT2D eigenvalue weighted by Gasteiger charge is -2.29. The second-order valence-corrected chi connectivity index (χ2v) is 6.42. The number of hydrogen-bond donors (Lipinski definition) is 0. The Bertz CT molecular complexity index is 440. The van der Waals surface area contributed by atoms with E-state index >= 15 is 0 Å². The van der Waals surface area contributed by atoms with Crippen molar-refractivity contribution in [3.63, 3.8) is 0 Å². The topological polar surface area (TPSA) is 26.3 Å². The van der Waals surface area contributed by atoms with Gasteiger partial charge in [-0.1, -0.05) is 30.3 Å². The molecule has 19 heavy (non-hydrogen) atoms. The van der Waals surface area contributed by atoms with Crippen LogP contribution >= 0.6 is 0 Å². The third-order valence-corrected chi connectivity index (χ3v) is 5.13. The predicted octanol–water partition coefficient (Wildman–Crippen LogP) is 3.60. The summed E-state index contributed by atoms with van der Waals surface area (Å²) < 4.78 is 4.93. The fraction of sp³-hybridized carbons (Fsp3) is 0.588. The van der Waals surface area contributed by atoms with Gasteiger partial charge in [0.1, 0.15) is 0 Å². The van der Waals surface area contributed by atoms with Crippen molar-refractivity contribution in [2.75, 3.05) is 7.11 Å². The van der Waals surface area contributed by atoms with Crippen LogP contribution in [0.2, 0.25) is 0 Å². The largest absolute Gasteiger partial charge is 0.469 e. The van der Waals surface area contributed by atoms with Crippen molar-refractivity contribution in [1.82, 2.24) is 0 Å². The highest BCUT2D eigenvalue weighted by molar-refractivity contribution is 5.70. The highest BCUT2D eigenvalue weighted by Crippen LogP contribution is 2.58. The number of carbonyl (C=O) groups excluding carboxylic acids is 1. The van der Waals surface area contributed by atoms with Gasteiger partial charge in [-0.25, -0.2) is 0 Å². The summed E-state index contributed by atoms with van der Waals surface area (Å²) in [6, 6.07) is 10.6. The van der Waals surface area contributed by atoms with Gasteiger partial charge in [0, 0.05) is 0 Å². The van der Waals surface area contributed by atoms with Gasteiger partial charge < -0.3 is 4.74 Å². The molecule has 2 aliphatic rings. The van der Waals surface area contributed by atoms with Gasteiger partial charge in [-0.2, -0.15) is 0 Å². The second kappa shape index (κ2) is 4.99. The van der Waals surface area contributed by atoms with Crippen molar-refractivity contribution >= 4 is 5.97 Å². The number of esters is 1. The van der Waals surface area contributed by atoms with Crippen molar-refractivity contribution in [3.8, 4) is 0 Å². The zero-order valence-electron chi connectivity index (χ0n) is 11.6. The molecule has 0 spiro atoms. The van der Waals surface area contributed by atoms with E-state index in [9.17, 15) is 4.79 Å². The predicted molar refractivity (Wildman–Crippen MR) is 74.7 cm³/mol. The lowest BCUT2D eigenvalue weighted by Crippen LogP contribution is -2.25. The Morgan fingerprint density at radius 3 is 2.37 bits per heavy atom. The minimum Gasteiger partial charge on any atom is -0.469 e. The monoisotopic (exact) mass is 258 g/mol. The van der Waals surface area contributed by atoms with Crippen LogP contribution in [0.5, 0.6) is 0 Å². The molecule has 0 amide bonds. The maximum absolute atomic E-state index is 11.8. The van der Waals surface area contributed by atoms with Crippen molar-refractivity contribution in [2.24, 2.45) is 17.3 Å². The number of rotatable bonds is 4. The van der Waals surface area contributed by atoms with E-state index in [2.05, 4.69) is 30.3 Å². The average molecular weight is 258 g/mol. The molecule has 2 nitrogen and oxygen atoms in total. The summed E-state index contributed by atoms with van der Waals surface area (Å²) >= 11 is 0. The minimum atomic E-state index is -0.0442. The molecule has 0 heterocycles. The second-order valence-electron chi connectivity index (χ2n) is 6.42. The lowest BCUT2D eigenvalue weighted by atomic mass is 9.76. The van der Waals surface area contributed by atoms with E-state index in [1.165, 1.54) is 38.4 Å². The Labute approximate surface area is 115 Å². The first kappa shape index (κ1) is 12.7. The van der Waals surface area contributed by atoms with Gasteiger partial charge in [0.2, 0.25) is 0 Å². The number of ether oxygens (including phenoxy) is 1. The Kier molecular flexibility index (Phi) is 3.34. The Morgan fingerprint density at radius 2 is 1.84 bits per heavy atom. The van der Waals surface area contributed by atoms with E-state index in [1.807, 2.05) is 0 Å². The number of fused-ring (bicyclic) bond motifs is 1. The molecule has 0 unspecified atom stereocenters. The van der Waals surface area contributed by atoms with Gasteiger partial charge >= 0.3 is 5.97 Å². The molecule has 2 aliphatic carbocycles. The molecule has 2 fully saturated rings. The fourth-order valence-corrected chi connectivity index (χ4v) is 4.13. The maximum Gasteiger partial charge on any atom is 0.306 e. The molecular formula is C17H22O2. The first-order chi connectivity index (χ1) is 9.21. The molecular weight excluding hydrogens is 236 g/mol. The molecule has 1 aromatic carbocycles. The molecule has 102 valence electrons. The fourth-order valence-electron chi connectivity index (χ4n) is 4.13. The average Bonchev–Trinajstić information content (AvgIpc) is 2.64. The Hall–Kier alpha value is -1.31. The molecule has 0 bridgehead atoms. The highest BCUT2D eigenvalue weighted by Gasteiger charge is 2.49. The SMILES string of the molecule is COC(=O)C[C@@]1(Cc2ccccc2)C[C@H]2CC[C@H]2C1. The van der Waals surface area contributed by atoms with E-state index in [0.29, 0.717) is 6.42 Å². The van der Waals surface area contributed by atoms with Crippen LogP contribution < -0.4 is 0 Å². The maximum atomic E-state index is 11.8. The summed E-state index contributed by atoms with van der Waals surface area (Å²) in [4.78, 5) is 11.8. The third kappa shape index (κ3) is 2.54. The van der Waals surface area contributed by atoms with Crippen LogP contribution in [0.25, 0.3) is 0 Å². The van der Waals surface area contributed by atoms with Crippen LogP contribution in [-0.2, 0) is 16.0 Å². The third-order valence-electron chi connectivity index (χ3n) is 5.13. The van der Waals surface area contributed by atoms with Gasteiger partial charge in [-0.3, -0.25) is 4.79 Å². The van der Waals surface area contributed by atoms with Crippen LogP contribution in [0.1, 0.15) is 37.7 Å². The molecule has 0 aromatic heterocycles. The van der Waals surface area contributed by atoms with Crippen LogP contribution in [0.3, 0.4) is 0 Å². The lowest BCUT2D eigenvalue weighted by molar-refractivity contribution is -0.143. The standard InChI is InChI=1S/C17H22O2/c1-19-16(18)12-17(9-13-5-3-2-4-6-13)10-14-7-8-15(14)11-17/h2-6,14-15H,7-12H2,1H3/t14-,15+,17+. The summed E-state index contributed by atoms with van der Waals surface area (Å²) in [5.41, 5.74) is 1.51. The van der Waals surface area contributed by atoms with E-state index < -0.39 is 0 Å². The molecule has 0 aliphatic heterocycles. The summed E-state index contributed by atoms with van der Waals surface area (Å²) in [5.74, 6) is 1.69. The van der Waals surface area contributed by atoms with Crippen molar-refractivity contribution < 1.29 is 9.53 Å². The molecule has 3 rings (SSSR count). The molecule has 3 atom stereocenters. The van der Waals surface area contributed by atoms with Gasteiger partial charge in [0.15, 0.2) is 0 Å². The van der Waals surface area contributed by atoms with E-state index in [1.54, 1.807) is 0 Å². The van der Waals surface area contributed by atoms with E-state index in [-0.39, 0.29) is 11.4 Å². The quantitative estimate of drug-likeness (QED) is 0.771. The van der Waals surface area contributed by atoms with Gasteiger partial charge in [-0.05, 0) is 54.9 Å². The molecule has 2 heteroatoms. The molecule has 0 radical (unpaired) electrons. The Balaban J connectivity index is 1.78. The van der Waals surface area contributed by atoms with Crippen molar-refractivity contribution in [1.29, 1.82) is 0 Å². The normalized spacial score (nSPS) is 32.5. The summed E-state index contributed by atoms with van der Waals surface area (Å²) in [7, 11) is 1.50. The van der Waals surface area contributed by atoms with Crippen LogP contribution in [0.15, 0.2) is 30.3 Å². The van der Waals surface area contributed by atoms with Crippen molar-refractivity contribution in [2.45, 2.75) is 38.5 Å². The summed E-state index contributed by atoms with van der Waals surface area (Å²) in [5, 5.41) is 0. The number of benzene rings is 1.